The maximum Gasteiger partial charge on any atom is 0.0897 e. The second-order valence-corrected chi connectivity index (χ2v) is 8.03. The van der Waals surface area contributed by atoms with Crippen molar-refractivity contribution in [1.82, 2.24) is 5.32 Å². The van der Waals surface area contributed by atoms with Gasteiger partial charge in [0.15, 0.2) is 0 Å². The Labute approximate surface area is 126 Å². The van der Waals surface area contributed by atoms with Crippen LogP contribution < -0.4 is 5.32 Å². The van der Waals surface area contributed by atoms with E-state index in [1.807, 2.05) is 0 Å². The van der Waals surface area contributed by atoms with Gasteiger partial charge in [0, 0.05) is 0 Å². The van der Waals surface area contributed by atoms with E-state index in [2.05, 4.69) is 29.6 Å². The highest BCUT2D eigenvalue weighted by Gasteiger charge is 2.60. The fourth-order valence-electron chi connectivity index (χ4n) is 6.33. The summed E-state index contributed by atoms with van der Waals surface area (Å²) >= 11 is 0. The van der Waals surface area contributed by atoms with Gasteiger partial charge in [-0.15, -0.1) is 0 Å². The van der Waals surface area contributed by atoms with Crippen LogP contribution in [0.1, 0.15) is 49.3 Å². The Morgan fingerprint density at radius 2 is 1.62 bits per heavy atom. The molecule has 2 nitrogen and oxygen atoms in total. The highest BCUT2D eigenvalue weighted by molar-refractivity contribution is 5.35. The lowest BCUT2D eigenvalue weighted by Gasteiger charge is -2.61. The predicted molar refractivity (Wildman–Crippen MR) is 82.9 cm³/mol. The van der Waals surface area contributed by atoms with Crippen LogP contribution in [-0.2, 0) is 6.42 Å². The van der Waals surface area contributed by atoms with Gasteiger partial charge in [0.1, 0.15) is 0 Å². The highest BCUT2D eigenvalue weighted by Crippen LogP contribution is 2.61. The molecule has 0 radical (unpaired) electrons. The predicted octanol–water partition coefficient (Wildman–Crippen LogP) is 3.06. The molecule has 4 bridgehead atoms. The molecular formula is C19H25NO. The molecule has 112 valence electrons. The van der Waals surface area contributed by atoms with E-state index in [0.29, 0.717) is 11.8 Å². The van der Waals surface area contributed by atoms with E-state index >= 15 is 0 Å². The van der Waals surface area contributed by atoms with Crippen molar-refractivity contribution in [3.05, 3.63) is 35.4 Å². The van der Waals surface area contributed by atoms with Crippen molar-refractivity contribution in [1.29, 1.82) is 0 Å². The number of rotatable bonds is 1. The Balaban J connectivity index is 1.58. The van der Waals surface area contributed by atoms with E-state index in [9.17, 15) is 5.11 Å². The van der Waals surface area contributed by atoms with E-state index in [4.69, 9.17) is 0 Å². The number of nitrogens with one attached hydrogen (secondary N) is 1. The number of benzene rings is 1. The SMILES string of the molecule is OC1(C2NCCc3ccccc32)C2CC3CC(C2)CC1C3. The molecule has 1 aliphatic heterocycles. The first-order valence-corrected chi connectivity index (χ1v) is 8.78. The molecule has 6 rings (SSSR count). The zero-order valence-electron chi connectivity index (χ0n) is 12.6. The van der Waals surface area contributed by atoms with Crippen molar-refractivity contribution >= 4 is 0 Å². The summed E-state index contributed by atoms with van der Waals surface area (Å²) in [6.07, 6.45) is 7.61. The number of fused-ring (bicyclic) bond motifs is 1. The van der Waals surface area contributed by atoms with Gasteiger partial charge in [-0.3, -0.25) is 0 Å². The van der Waals surface area contributed by atoms with Gasteiger partial charge in [0.2, 0.25) is 0 Å². The molecule has 2 N–H and O–H groups in total. The second kappa shape index (κ2) is 4.33. The van der Waals surface area contributed by atoms with Gasteiger partial charge in [-0.1, -0.05) is 24.3 Å². The molecular weight excluding hydrogens is 258 g/mol. The molecule has 4 saturated carbocycles. The van der Waals surface area contributed by atoms with Crippen LogP contribution in [0.4, 0.5) is 0 Å². The fourth-order valence-corrected chi connectivity index (χ4v) is 6.33. The first kappa shape index (κ1) is 12.7. The highest BCUT2D eigenvalue weighted by atomic mass is 16.3. The van der Waals surface area contributed by atoms with Gasteiger partial charge in [-0.2, -0.15) is 0 Å². The van der Waals surface area contributed by atoms with E-state index in [1.165, 1.54) is 43.2 Å². The maximum atomic E-state index is 11.8. The van der Waals surface area contributed by atoms with E-state index < -0.39 is 5.60 Å². The molecule has 0 amide bonds. The molecule has 4 fully saturated rings. The molecule has 2 heteroatoms. The van der Waals surface area contributed by atoms with Crippen LogP contribution in [0.5, 0.6) is 0 Å². The van der Waals surface area contributed by atoms with Crippen LogP contribution in [-0.4, -0.2) is 17.3 Å². The monoisotopic (exact) mass is 283 g/mol. The molecule has 5 aliphatic rings. The third kappa shape index (κ3) is 1.66. The summed E-state index contributed by atoms with van der Waals surface area (Å²) in [7, 11) is 0. The maximum absolute atomic E-state index is 11.8. The first-order chi connectivity index (χ1) is 10.2. The average molecular weight is 283 g/mol. The van der Waals surface area contributed by atoms with Gasteiger partial charge in [0.25, 0.3) is 0 Å². The van der Waals surface area contributed by atoms with Crippen molar-refractivity contribution in [2.45, 2.75) is 50.2 Å². The van der Waals surface area contributed by atoms with Crippen molar-refractivity contribution in [2.24, 2.45) is 23.7 Å². The van der Waals surface area contributed by atoms with E-state index in [-0.39, 0.29) is 6.04 Å². The van der Waals surface area contributed by atoms with Crippen LogP contribution >= 0.6 is 0 Å². The molecule has 1 unspecified atom stereocenters. The lowest BCUT2D eigenvalue weighted by molar-refractivity contribution is -0.191. The quantitative estimate of drug-likeness (QED) is 0.830. The Morgan fingerprint density at radius 1 is 0.952 bits per heavy atom. The van der Waals surface area contributed by atoms with Crippen LogP contribution in [0.25, 0.3) is 0 Å². The first-order valence-electron chi connectivity index (χ1n) is 8.78. The molecule has 4 aliphatic carbocycles. The summed E-state index contributed by atoms with van der Waals surface area (Å²) in [5.41, 5.74) is 2.33. The van der Waals surface area contributed by atoms with Crippen molar-refractivity contribution in [3.63, 3.8) is 0 Å². The van der Waals surface area contributed by atoms with Crippen molar-refractivity contribution in [3.8, 4) is 0 Å². The summed E-state index contributed by atoms with van der Waals surface area (Å²) < 4.78 is 0. The number of hydrogen-bond acceptors (Lipinski definition) is 2. The standard InChI is InChI=1S/C19H25NO/c21-19(15-8-12-7-13(10-15)11-16(19)9-12)18-17-4-2-1-3-14(17)5-6-20-18/h1-4,12-13,15-16,18,20-21H,5-11H2. The molecule has 1 aromatic rings. The summed E-state index contributed by atoms with van der Waals surface area (Å²) in [5.74, 6) is 2.87. The Morgan fingerprint density at radius 3 is 2.33 bits per heavy atom. The van der Waals surface area contributed by atoms with Gasteiger partial charge >= 0.3 is 0 Å². The normalized spacial score (nSPS) is 47.4. The molecule has 21 heavy (non-hydrogen) atoms. The minimum absolute atomic E-state index is 0.164. The lowest BCUT2D eigenvalue weighted by Crippen LogP contribution is -2.63. The smallest absolute Gasteiger partial charge is 0.0897 e. The Kier molecular flexibility index (Phi) is 2.61. The molecule has 1 atom stereocenters. The van der Waals surface area contributed by atoms with Crippen LogP contribution in [0, 0.1) is 23.7 Å². The fraction of sp³-hybridized carbons (Fsp3) is 0.684. The lowest BCUT2D eigenvalue weighted by atomic mass is 9.47. The van der Waals surface area contributed by atoms with Gasteiger partial charge in [0.05, 0.1) is 11.6 Å². The number of aliphatic hydroxyl groups is 1. The zero-order chi connectivity index (χ0) is 14.0. The Bertz CT molecular complexity index is 538. The molecule has 0 spiro atoms. The van der Waals surface area contributed by atoms with Gasteiger partial charge < -0.3 is 10.4 Å². The van der Waals surface area contributed by atoms with Crippen LogP contribution in [0.2, 0.25) is 0 Å². The topological polar surface area (TPSA) is 32.3 Å². The third-order valence-electron chi connectivity index (χ3n) is 7.02. The number of hydrogen-bond donors (Lipinski definition) is 2. The van der Waals surface area contributed by atoms with Crippen molar-refractivity contribution < 1.29 is 5.11 Å². The van der Waals surface area contributed by atoms with Crippen LogP contribution in [0.3, 0.4) is 0 Å². The minimum Gasteiger partial charge on any atom is -0.387 e. The second-order valence-electron chi connectivity index (χ2n) is 8.03. The molecule has 0 saturated heterocycles. The average Bonchev–Trinajstić information content (AvgIpc) is 2.51. The summed E-state index contributed by atoms with van der Waals surface area (Å²) in [4.78, 5) is 0. The van der Waals surface area contributed by atoms with Crippen molar-refractivity contribution in [2.75, 3.05) is 6.54 Å². The third-order valence-corrected chi connectivity index (χ3v) is 7.02. The summed E-state index contributed by atoms with van der Waals surface area (Å²) in [6, 6.07) is 8.94. The van der Waals surface area contributed by atoms with Gasteiger partial charge in [-0.25, -0.2) is 0 Å². The zero-order valence-corrected chi connectivity index (χ0v) is 12.6. The summed E-state index contributed by atoms with van der Waals surface area (Å²) in [6.45, 7) is 1.01. The molecule has 1 heterocycles. The van der Waals surface area contributed by atoms with Crippen LogP contribution in [0.15, 0.2) is 24.3 Å². The Hall–Kier alpha value is -0.860. The summed E-state index contributed by atoms with van der Waals surface area (Å²) in [5, 5.41) is 15.5. The molecule has 0 aromatic heterocycles. The van der Waals surface area contributed by atoms with E-state index in [1.54, 1.807) is 0 Å². The minimum atomic E-state index is -0.496. The largest absolute Gasteiger partial charge is 0.387 e. The van der Waals surface area contributed by atoms with E-state index in [0.717, 1.165) is 24.8 Å². The van der Waals surface area contributed by atoms with Gasteiger partial charge in [-0.05, 0) is 79.9 Å². The molecule has 1 aromatic carbocycles.